The average Bonchev–Trinajstić information content (AvgIpc) is 2.42. The molecule has 0 saturated heterocycles. The van der Waals surface area contributed by atoms with Crippen molar-refractivity contribution in [2.24, 2.45) is 5.92 Å². The van der Waals surface area contributed by atoms with Crippen LogP contribution in [-0.2, 0) is 0 Å². The molecule has 1 N–H and O–H groups in total. The van der Waals surface area contributed by atoms with Crippen LogP contribution in [0.3, 0.4) is 0 Å². The van der Waals surface area contributed by atoms with E-state index >= 15 is 0 Å². The molecular weight excluding hydrogens is 158 g/mol. The Kier molecular flexibility index (Phi) is 5.45. The van der Waals surface area contributed by atoms with Gasteiger partial charge in [-0.25, -0.2) is 0 Å². The summed E-state index contributed by atoms with van der Waals surface area (Å²) in [6.45, 7) is 2.29. The van der Waals surface area contributed by atoms with E-state index in [9.17, 15) is 0 Å². The fraction of sp³-hybridized carbons (Fsp3) is 1.00. The molecule has 0 aromatic carbocycles. The summed E-state index contributed by atoms with van der Waals surface area (Å²) in [6, 6.07) is 0.711. The highest BCUT2D eigenvalue weighted by Gasteiger charge is 2.12. The number of hydrogen-bond donors (Lipinski definition) is 1. The van der Waals surface area contributed by atoms with Gasteiger partial charge in [-0.05, 0) is 32.7 Å². The maximum absolute atomic E-state index is 3.32. The van der Waals surface area contributed by atoms with Gasteiger partial charge in [-0.1, -0.05) is 38.5 Å². The molecule has 1 heteroatoms. The molecule has 0 spiro atoms. The van der Waals surface area contributed by atoms with Crippen LogP contribution in [0.1, 0.15) is 58.3 Å². The van der Waals surface area contributed by atoms with E-state index in [-0.39, 0.29) is 0 Å². The van der Waals surface area contributed by atoms with E-state index in [4.69, 9.17) is 0 Å². The van der Waals surface area contributed by atoms with Crippen molar-refractivity contribution in [3.63, 3.8) is 0 Å². The number of rotatable bonds is 4. The van der Waals surface area contributed by atoms with E-state index < -0.39 is 0 Å². The summed E-state index contributed by atoms with van der Waals surface area (Å²) in [5, 5.41) is 3.32. The van der Waals surface area contributed by atoms with E-state index in [2.05, 4.69) is 19.3 Å². The summed E-state index contributed by atoms with van der Waals surface area (Å²) in [5.41, 5.74) is 0. The topological polar surface area (TPSA) is 12.0 Å². The molecule has 0 heterocycles. The maximum atomic E-state index is 3.32. The van der Waals surface area contributed by atoms with Crippen LogP contribution in [0.25, 0.3) is 0 Å². The molecule has 0 radical (unpaired) electrons. The lowest BCUT2D eigenvalue weighted by atomic mass is 9.93. The fourth-order valence-corrected chi connectivity index (χ4v) is 2.28. The van der Waals surface area contributed by atoms with E-state index in [1.165, 1.54) is 51.4 Å². The van der Waals surface area contributed by atoms with Gasteiger partial charge >= 0.3 is 0 Å². The van der Waals surface area contributed by atoms with Gasteiger partial charge in [0.15, 0.2) is 0 Å². The van der Waals surface area contributed by atoms with Gasteiger partial charge in [0.1, 0.15) is 0 Å². The second-order valence-corrected chi connectivity index (χ2v) is 4.62. The van der Waals surface area contributed by atoms with Crippen molar-refractivity contribution in [2.45, 2.75) is 64.3 Å². The Hall–Kier alpha value is -0.0400. The first-order valence-electron chi connectivity index (χ1n) is 6.00. The van der Waals surface area contributed by atoms with Crippen LogP contribution in [-0.4, -0.2) is 13.1 Å². The van der Waals surface area contributed by atoms with Crippen LogP contribution < -0.4 is 5.32 Å². The standard InChI is InChI=1S/C12H25N/c1-11(13-2)9-10-12-7-5-3-4-6-8-12/h11-13H,3-10H2,1-2H3. The molecule has 1 aliphatic rings. The quantitative estimate of drug-likeness (QED) is 0.659. The van der Waals surface area contributed by atoms with Crippen molar-refractivity contribution >= 4 is 0 Å². The summed E-state index contributed by atoms with van der Waals surface area (Å²) in [5.74, 6) is 1.04. The fourth-order valence-electron chi connectivity index (χ4n) is 2.28. The largest absolute Gasteiger partial charge is 0.317 e. The molecule has 1 saturated carbocycles. The number of nitrogens with one attached hydrogen (secondary N) is 1. The Morgan fingerprint density at radius 2 is 1.77 bits per heavy atom. The average molecular weight is 183 g/mol. The molecule has 1 nitrogen and oxygen atoms in total. The smallest absolute Gasteiger partial charge is 0.00358 e. The van der Waals surface area contributed by atoms with Crippen LogP contribution in [0.15, 0.2) is 0 Å². The van der Waals surface area contributed by atoms with Gasteiger partial charge in [0, 0.05) is 6.04 Å². The van der Waals surface area contributed by atoms with Crippen molar-refractivity contribution in [1.29, 1.82) is 0 Å². The Morgan fingerprint density at radius 3 is 2.31 bits per heavy atom. The van der Waals surface area contributed by atoms with Gasteiger partial charge in [-0.15, -0.1) is 0 Å². The predicted molar refractivity (Wildman–Crippen MR) is 58.9 cm³/mol. The van der Waals surface area contributed by atoms with Crippen LogP contribution in [0.5, 0.6) is 0 Å². The summed E-state index contributed by atoms with van der Waals surface area (Å²) in [4.78, 5) is 0. The Balaban J connectivity index is 2.11. The Bertz CT molecular complexity index is 114. The van der Waals surface area contributed by atoms with Gasteiger partial charge in [-0.2, -0.15) is 0 Å². The molecule has 1 atom stereocenters. The van der Waals surface area contributed by atoms with Crippen molar-refractivity contribution in [3.8, 4) is 0 Å². The van der Waals surface area contributed by atoms with Crippen molar-refractivity contribution < 1.29 is 0 Å². The first-order valence-corrected chi connectivity index (χ1v) is 6.00. The van der Waals surface area contributed by atoms with Gasteiger partial charge < -0.3 is 5.32 Å². The molecule has 0 amide bonds. The normalized spacial score (nSPS) is 22.6. The summed E-state index contributed by atoms with van der Waals surface area (Å²) in [6.07, 6.45) is 11.7. The first-order chi connectivity index (χ1) is 6.33. The highest BCUT2D eigenvalue weighted by molar-refractivity contribution is 4.67. The van der Waals surface area contributed by atoms with E-state index in [1.807, 2.05) is 0 Å². The third-order valence-corrected chi connectivity index (χ3v) is 3.48. The first kappa shape index (κ1) is 11.0. The van der Waals surface area contributed by atoms with E-state index in [0.717, 1.165) is 5.92 Å². The molecule has 0 aromatic heterocycles. The lowest BCUT2D eigenvalue weighted by molar-refractivity contribution is 0.388. The Morgan fingerprint density at radius 1 is 1.15 bits per heavy atom. The molecular formula is C12H25N. The van der Waals surface area contributed by atoms with Gasteiger partial charge in [0.05, 0.1) is 0 Å². The molecule has 0 aliphatic heterocycles. The zero-order chi connectivity index (χ0) is 9.52. The molecule has 1 rings (SSSR count). The van der Waals surface area contributed by atoms with Crippen LogP contribution >= 0.6 is 0 Å². The Labute approximate surface area is 83.3 Å². The van der Waals surface area contributed by atoms with Gasteiger partial charge in [-0.3, -0.25) is 0 Å². The van der Waals surface area contributed by atoms with Crippen LogP contribution in [0, 0.1) is 5.92 Å². The second kappa shape index (κ2) is 6.42. The summed E-state index contributed by atoms with van der Waals surface area (Å²) in [7, 11) is 2.07. The molecule has 13 heavy (non-hydrogen) atoms. The zero-order valence-electron chi connectivity index (χ0n) is 9.31. The molecule has 0 aromatic rings. The molecule has 1 fully saturated rings. The highest BCUT2D eigenvalue weighted by Crippen LogP contribution is 2.26. The third kappa shape index (κ3) is 4.66. The molecule has 0 bridgehead atoms. The van der Waals surface area contributed by atoms with Crippen molar-refractivity contribution in [1.82, 2.24) is 5.32 Å². The van der Waals surface area contributed by atoms with E-state index in [0.29, 0.717) is 6.04 Å². The van der Waals surface area contributed by atoms with E-state index in [1.54, 1.807) is 0 Å². The maximum Gasteiger partial charge on any atom is 0.00358 e. The van der Waals surface area contributed by atoms with Crippen LogP contribution in [0.2, 0.25) is 0 Å². The number of hydrogen-bond acceptors (Lipinski definition) is 1. The highest BCUT2D eigenvalue weighted by atomic mass is 14.8. The minimum Gasteiger partial charge on any atom is -0.317 e. The lowest BCUT2D eigenvalue weighted by Crippen LogP contribution is -2.21. The van der Waals surface area contributed by atoms with Gasteiger partial charge in [0.2, 0.25) is 0 Å². The van der Waals surface area contributed by atoms with Crippen molar-refractivity contribution in [2.75, 3.05) is 7.05 Å². The molecule has 1 unspecified atom stereocenters. The summed E-state index contributed by atoms with van der Waals surface area (Å²) >= 11 is 0. The van der Waals surface area contributed by atoms with Crippen molar-refractivity contribution in [3.05, 3.63) is 0 Å². The van der Waals surface area contributed by atoms with Crippen LogP contribution in [0.4, 0.5) is 0 Å². The third-order valence-electron chi connectivity index (χ3n) is 3.48. The second-order valence-electron chi connectivity index (χ2n) is 4.62. The van der Waals surface area contributed by atoms with Gasteiger partial charge in [0.25, 0.3) is 0 Å². The predicted octanol–water partition coefficient (Wildman–Crippen LogP) is 3.34. The lowest BCUT2D eigenvalue weighted by Gasteiger charge is -2.16. The monoisotopic (exact) mass is 183 g/mol. The molecule has 78 valence electrons. The zero-order valence-corrected chi connectivity index (χ0v) is 9.31. The minimum atomic E-state index is 0.711. The minimum absolute atomic E-state index is 0.711. The SMILES string of the molecule is CNC(C)CCC1CCCCCC1. The molecule has 1 aliphatic carbocycles. The summed E-state index contributed by atoms with van der Waals surface area (Å²) < 4.78 is 0.